The minimum atomic E-state index is -3.86. The average molecular weight is 619 g/mol. The summed E-state index contributed by atoms with van der Waals surface area (Å²) >= 11 is 12.6. The maximum absolute atomic E-state index is 14.2. The molecule has 1 N–H and O–H groups in total. The number of carbonyl (C=O) groups excluding carboxylic acids is 2. The molecule has 0 saturated heterocycles. The van der Waals surface area contributed by atoms with E-state index in [-0.39, 0.29) is 24.9 Å². The molecule has 0 aliphatic rings. The van der Waals surface area contributed by atoms with Crippen molar-refractivity contribution in [2.45, 2.75) is 59.2 Å². The number of sulfonamides is 1. The summed E-state index contributed by atoms with van der Waals surface area (Å²) in [5.74, 6) is -0.871. The normalized spacial score (nSPS) is 12.9. The number of rotatable bonds is 12. The number of amides is 2. The van der Waals surface area contributed by atoms with Gasteiger partial charge < -0.3 is 10.2 Å². The van der Waals surface area contributed by atoms with Gasteiger partial charge in [0.15, 0.2) is 0 Å². The monoisotopic (exact) mass is 617 g/mol. The van der Waals surface area contributed by atoms with Gasteiger partial charge >= 0.3 is 0 Å². The summed E-state index contributed by atoms with van der Waals surface area (Å²) in [5, 5.41) is 3.78. The number of halogens is 2. The molecule has 220 valence electrons. The van der Waals surface area contributed by atoms with Gasteiger partial charge in [0, 0.05) is 29.1 Å². The van der Waals surface area contributed by atoms with Gasteiger partial charge in [-0.2, -0.15) is 0 Å². The van der Waals surface area contributed by atoms with Crippen LogP contribution in [0.3, 0.4) is 0 Å². The van der Waals surface area contributed by atoms with Gasteiger partial charge in [-0.05, 0) is 61.6 Å². The molecule has 0 fully saturated rings. The zero-order chi connectivity index (χ0) is 30.3. The molecule has 0 aliphatic carbocycles. The molecule has 10 heteroatoms. The second kappa shape index (κ2) is 14.2. The lowest BCUT2D eigenvalue weighted by Crippen LogP contribution is -2.54. The van der Waals surface area contributed by atoms with E-state index >= 15 is 0 Å². The molecule has 0 unspecified atom stereocenters. The summed E-state index contributed by atoms with van der Waals surface area (Å²) in [6.07, 6.45) is 2.00. The minimum Gasteiger partial charge on any atom is -0.352 e. The number of nitrogens with zero attached hydrogens (tertiary/aromatic N) is 2. The Hall–Kier alpha value is -3.07. The summed E-state index contributed by atoms with van der Waals surface area (Å²) in [7, 11) is -3.86. The quantitative estimate of drug-likeness (QED) is 0.273. The first-order valence-electron chi connectivity index (χ1n) is 13.4. The fraction of sp³-hybridized carbons (Fsp3) is 0.355. The van der Waals surface area contributed by atoms with Gasteiger partial charge in [0.1, 0.15) is 12.6 Å². The number of aryl methyl sites for hydroxylation is 2. The number of anilines is 1. The molecular formula is C31H37Cl2N3O4S. The van der Waals surface area contributed by atoms with Crippen LogP contribution in [0.5, 0.6) is 0 Å². The van der Waals surface area contributed by atoms with Crippen LogP contribution in [0.25, 0.3) is 0 Å². The highest BCUT2D eigenvalue weighted by Gasteiger charge is 2.34. The van der Waals surface area contributed by atoms with Crippen molar-refractivity contribution in [2.24, 2.45) is 0 Å². The lowest BCUT2D eigenvalue weighted by molar-refractivity contribution is -0.140. The fourth-order valence-corrected chi connectivity index (χ4v) is 6.04. The maximum Gasteiger partial charge on any atom is 0.244 e. The van der Waals surface area contributed by atoms with E-state index in [1.54, 1.807) is 44.2 Å². The third-order valence-corrected chi connectivity index (χ3v) is 8.70. The van der Waals surface area contributed by atoms with Gasteiger partial charge in [-0.1, -0.05) is 84.7 Å². The van der Waals surface area contributed by atoms with Crippen LogP contribution in [0.4, 0.5) is 5.69 Å². The molecule has 0 heterocycles. The molecule has 7 nitrogen and oxygen atoms in total. The summed E-state index contributed by atoms with van der Waals surface area (Å²) < 4.78 is 27.2. The Labute approximate surface area is 253 Å². The second-order valence-corrected chi connectivity index (χ2v) is 13.0. The van der Waals surface area contributed by atoms with Crippen molar-refractivity contribution >= 4 is 50.7 Å². The van der Waals surface area contributed by atoms with Crippen LogP contribution in [-0.4, -0.2) is 50.0 Å². The van der Waals surface area contributed by atoms with E-state index < -0.39 is 28.5 Å². The maximum atomic E-state index is 14.2. The number of carbonyl (C=O) groups is 2. The molecule has 0 radical (unpaired) electrons. The Morgan fingerprint density at radius 2 is 1.59 bits per heavy atom. The van der Waals surface area contributed by atoms with Crippen molar-refractivity contribution in [3.05, 3.63) is 99.0 Å². The first-order chi connectivity index (χ1) is 19.3. The first-order valence-corrected chi connectivity index (χ1v) is 16.0. The summed E-state index contributed by atoms with van der Waals surface area (Å²) in [6.45, 7) is 6.94. The van der Waals surface area contributed by atoms with Gasteiger partial charge in [0.2, 0.25) is 21.8 Å². The standard InChI is InChI=1S/C31H37Cl2N3O4S/c1-6-23(4)34-31(38)28(17-24-13-8-7-9-14-24)35(19-25-15-16-26(32)18-27(25)33)29(37)20-36(41(5,39)40)30-21(2)11-10-12-22(30)3/h7-16,18,23,28H,6,17,19-20H2,1-5H3,(H,34,38)/t23-,28+/m0/s1. The first kappa shape index (κ1) is 32.4. The van der Waals surface area contributed by atoms with Gasteiger partial charge in [-0.3, -0.25) is 13.9 Å². The molecule has 2 amide bonds. The Morgan fingerprint density at radius 1 is 0.951 bits per heavy atom. The third kappa shape index (κ3) is 8.71. The predicted octanol–water partition coefficient (Wildman–Crippen LogP) is 5.93. The average Bonchev–Trinajstić information content (AvgIpc) is 2.90. The molecule has 0 spiro atoms. The summed E-state index contributed by atoms with van der Waals surface area (Å²) in [6, 6.07) is 18.7. The van der Waals surface area contributed by atoms with Crippen LogP contribution in [0.1, 0.15) is 42.5 Å². The Morgan fingerprint density at radius 3 is 2.15 bits per heavy atom. The minimum absolute atomic E-state index is 0.0232. The van der Waals surface area contributed by atoms with Crippen LogP contribution < -0.4 is 9.62 Å². The van der Waals surface area contributed by atoms with Crippen molar-refractivity contribution in [1.82, 2.24) is 10.2 Å². The molecule has 2 atom stereocenters. The van der Waals surface area contributed by atoms with Crippen molar-refractivity contribution in [3.8, 4) is 0 Å². The molecule has 0 aliphatic heterocycles. The fourth-order valence-electron chi connectivity index (χ4n) is 4.60. The smallest absolute Gasteiger partial charge is 0.244 e. The van der Waals surface area contributed by atoms with E-state index in [0.29, 0.717) is 38.8 Å². The van der Waals surface area contributed by atoms with E-state index in [1.165, 1.54) is 4.90 Å². The van der Waals surface area contributed by atoms with Gasteiger partial charge in [-0.25, -0.2) is 8.42 Å². The van der Waals surface area contributed by atoms with Crippen molar-refractivity contribution in [2.75, 3.05) is 17.1 Å². The molecule has 0 aromatic heterocycles. The predicted molar refractivity (Wildman–Crippen MR) is 167 cm³/mol. The number of hydrogen-bond acceptors (Lipinski definition) is 4. The lowest BCUT2D eigenvalue weighted by Gasteiger charge is -2.34. The zero-order valence-corrected chi connectivity index (χ0v) is 26.4. The number of benzene rings is 3. The Balaban J connectivity index is 2.13. The van der Waals surface area contributed by atoms with Gasteiger partial charge in [0.05, 0.1) is 11.9 Å². The molecule has 0 saturated carbocycles. The topological polar surface area (TPSA) is 86.8 Å². The Kier molecular flexibility index (Phi) is 11.2. The number of hydrogen-bond donors (Lipinski definition) is 1. The Bertz CT molecular complexity index is 1460. The van der Waals surface area contributed by atoms with Crippen LogP contribution in [0.2, 0.25) is 10.0 Å². The molecule has 3 aromatic carbocycles. The molecule has 41 heavy (non-hydrogen) atoms. The van der Waals surface area contributed by atoms with Gasteiger partial charge in [0.25, 0.3) is 0 Å². The summed E-state index contributed by atoms with van der Waals surface area (Å²) in [5.41, 5.74) is 3.30. The van der Waals surface area contributed by atoms with Crippen LogP contribution in [0, 0.1) is 13.8 Å². The highest BCUT2D eigenvalue weighted by molar-refractivity contribution is 7.92. The van der Waals surface area contributed by atoms with Crippen molar-refractivity contribution in [1.29, 1.82) is 0 Å². The molecule has 0 bridgehead atoms. The highest BCUT2D eigenvalue weighted by Crippen LogP contribution is 2.28. The number of nitrogens with one attached hydrogen (secondary N) is 1. The van der Waals surface area contributed by atoms with Crippen LogP contribution in [0.15, 0.2) is 66.7 Å². The van der Waals surface area contributed by atoms with Crippen LogP contribution in [-0.2, 0) is 32.6 Å². The van der Waals surface area contributed by atoms with Crippen molar-refractivity contribution < 1.29 is 18.0 Å². The van der Waals surface area contributed by atoms with E-state index in [4.69, 9.17) is 23.2 Å². The van der Waals surface area contributed by atoms with Crippen molar-refractivity contribution in [3.63, 3.8) is 0 Å². The van der Waals surface area contributed by atoms with E-state index in [2.05, 4.69) is 5.32 Å². The number of para-hydroxylation sites is 1. The highest BCUT2D eigenvalue weighted by atomic mass is 35.5. The lowest BCUT2D eigenvalue weighted by atomic mass is 10.0. The van der Waals surface area contributed by atoms with Gasteiger partial charge in [-0.15, -0.1) is 0 Å². The largest absolute Gasteiger partial charge is 0.352 e. The molecule has 3 rings (SSSR count). The third-order valence-electron chi connectivity index (χ3n) is 7.00. The van der Waals surface area contributed by atoms with E-state index in [1.807, 2.05) is 50.2 Å². The van der Waals surface area contributed by atoms with E-state index in [9.17, 15) is 18.0 Å². The van der Waals surface area contributed by atoms with E-state index in [0.717, 1.165) is 16.1 Å². The SMILES string of the molecule is CC[C@H](C)NC(=O)[C@@H](Cc1ccccc1)N(Cc1ccc(Cl)cc1Cl)C(=O)CN(c1c(C)cccc1C)S(C)(=O)=O. The zero-order valence-electron chi connectivity index (χ0n) is 24.0. The second-order valence-electron chi connectivity index (χ2n) is 10.3. The van der Waals surface area contributed by atoms with Crippen LogP contribution >= 0.6 is 23.2 Å². The molecular weight excluding hydrogens is 581 g/mol. The summed E-state index contributed by atoms with van der Waals surface area (Å²) in [4.78, 5) is 29.4. The molecule has 3 aromatic rings.